The lowest BCUT2D eigenvalue weighted by atomic mass is 10.1. The zero-order valence-corrected chi connectivity index (χ0v) is 8.26. The van der Waals surface area contributed by atoms with Crippen LogP contribution in [0.5, 0.6) is 0 Å². The van der Waals surface area contributed by atoms with Crippen molar-refractivity contribution < 1.29 is 9.68 Å². The standard InChI is InChI=1S/C10H15NO2/c1-8-4-5-10(6-9(8)2)7-13-11-12-3/h4-6,11H,7H2,1-3H3. The summed E-state index contributed by atoms with van der Waals surface area (Å²) in [7, 11) is 1.51. The Bertz CT molecular complexity index is 274. The first kappa shape index (κ1) is 10.2. The Labute approximate surface area is 78.6 Å². The first-order chi connectivity index (χ1) is 6.24. The van der Waals surface area contributed by atoms with Gasteiger partial charge < -0.3 is 0 Å². The van der Waals surface area contributed by atoms with Gasteiger partial charge in [0.15, 0.2) is 0 Å². The van der Waals surface area contributed by atoms with Crippen LogP contribution in [0, 0.1) is 13.8 Å². The molecule has 0 aliphatic carbocycles. The van der Waals surface area contributed by atoms with Gasteiger partial charge in [0.05, 0.1) is 13.7 Å². The molecule has 0 amide bonds. The van der Waals surface area contributed by atoms with Crippen LogP contribution < -0.4 is 5.64 Å². The van der Waals surface area contributed by atoms with Crippen LogP contribution in [0.25, 0.3) is 0 Å². The second kappa shape index (κ2) is 4.97. The molecule has 0 radical (unpaired) electrons. The molecule has 0 aromatic heterocycles. The van der Waals surface area contributed by atoms with Crippen molar-refractivity contribution in [1.29, 1.82) is 0 Å². The third-order valence-corrected chi connectivity index (χ3v) is 1.95. The van der Waals surface area contributed by atoms with E-state index in [1.165, 1.54) is 18.2 Å². The highest BCUT2D eigenvalue weighted by Gasteiger charge is 1.96. The summed E-state index contributed by atoms with van der Waals surface area (Å²) in [4.78, 5) is 9.54. The van der Waals surface area contributed by atoms with Crippen molar-refractivity contribution >= 4 is 0 Å². The van der Waals surface area contributed by atoms with Crippen molar-refractivity contribution in [3.8, 4) is 0 Å². The molecule has 0 saturated heterocycles. The Morgan fingerprint density at radius 2 is 2.00 bits per heavy atom. The molecular formula is C10H15NO2. The quantitative estimate of drug-likeness (QED) is 0.568. The molecule has 0 fully saturated rings. The smallest absolute Gasteiger partial charge is 0.0960 e. The van der Waals surface area contributed by atoms with Crippen molar-refractivity contribution in [3.63, 3.8) is 0 Å². The van der Waals surface area contributed by atoms with Crippen LogP contribution in [-0.4, -0.2) is 7.11 Å². The van der Waals surface area contributed by atoms with Gasteiger partial charge in [-0.1, -0.05) is 23.8 Å². The van der Waals surface area contributed by atoms with Crippen LogP contribution in [0.3, 0.4) is 0 Å². The maximum atomic E-state index is 4.99. The number of hydrogen-bond acceptors (Lipinski definition) is 3. The van der Waals surface area contributed by atoms with E-state index in [1.54, 1.807) is 0 Å². The lowest BCUT2D eigenvalue weighted by Crippen LogP contribution is -2.12. The maximum Gasteiger partial charge on any atom is 0.0960 e. The van der Waals surface area contributed by atoms with E-state index in [2.05, 4.69) is 36.5 Å². The highest BCUT2D eigenvalue weighted by atomic mass is 16.9. The molecule has 72 valence electrons. The third kappa shape index (κ3) is 3.14. The topological polar surface area (TPSA) is 30.5 Å². The Morgan fingerprint density at radius 1 is 1.23 bits per heavy atom. The first-order valence-corrected chi connectivity index (χ1v) is 4.20. The Balaban J connectivity index is 2.53. The molecule has 0 aliphatic heterocycles. The van der Waals surface area contributed by atoms with Crippen LogP contribution in [0.1, 0.15) is 16.7 Å². The zero-order chi connectivity index (χ0) is 9.68. The minimum atomic E-state index is 0.509. The summed E-state index contributed by atoms with van der Waals surface area (Å²) >= 11 is 0. The van der Waals surface area contributed by atoms with Gasteiger partial charge in [0.25, 0.3) is 0 Å². The van der Waals surface area contributed by atoms with Crippen LogP contribution >= 0.6 is 0 Å². The average Bonchev–Trinajstić information content (AvgIpc) is 2.12. The largest absolute Gasteiger partial charge is 0.280 e. The summed E-state index contributed by atoms with van der Waals surface area (Å²) in [5, 5.41) is 0. The Morgan fingerprint density at radius 3 is 2.62 bits per heavy atom. The van der Waals surface area contributed by atoms with E-state index in [4.69, 9.17) is 4.84 Å². The second-order valence-electron chi connectivity index (χ2n) is 2.99. The molecule has 0 heterocycles. The van der Waals surface area contributed by atoms with Crippen molar-refractivity contribution in [2.24, 2.45) is 0 Å². The first-order valence-electron chi connectivity index (χ1n) is 4.20. The van der Waals surface area contributed by atoms with E-state index in [1.807, 2.05) is 6.07 Å². The number of nitrogens with one attached hydrogen (secondary N) is 1. The fourth-order valence-electron chi connectivity index (χ4n) is 1.07. The van der Waals surface area contributed by atoms with E-state index in [9.17, 15) is 0 Å². The molecule has 3 nitrogen and oxygen atoms in total. The van der Waals surface area contributed by atoms with E-state index in [-0.39, 0.29) is 0 Å². The van der Waals surface area contributed by atoms with Crippen LogP contribution in [-0.2, 0) is 16.3 Å². The van der Waals surface area contributed by atoms with Gasteiger partial charge in [-0.25, -0.2) is 0 Å². The molecule has 0 unspecified atom stereocenters. The maximum absolute atomic E-state index is 4.99. The molecule has 1 aromatic carbocycles. The van der Waals surface area contributed by atoms with E-state index in [0.29, 0.717) is 6.61 Å². The number of benzene rings is 1. The highest BCUT2D eigenvalue weighted by Crippen LogP contribution is 2.09. The predicted molar refractivity (Wildman–Crippen MR) is 50.8 cm³/mol. The highest BCUT2D eigenvalue weighted by molar-refractivity contribution is 5.29. The van der Waals surface area contributed by atoms with Crippen LogP contribution in [0.4, 0.5) is 0 Å². The van der Waals surface area contributed by atoms with Crippen molar-refractivity contribution in [2.75, 3.05) is 7.11 Å². The molecule has 0 spiro atoms. The van der Waals surface area contributed by atoms with Gasteiger partial charge in [0.1, 0.15) is 0 Å². The van der Waals surface area contributed by atoms with Gasteiger partial charge in [-0.05, 0) is 30.5 Å². The van der Waals surface area contributed by atoms with Gasteiger partial charge in [-0.3, -0.25) is 9.68 Å². The Kier molecular flexibility index (Phi) is 3.89. The lowest BCUT2D eigenvalue weighted by molar-refractivity contribution is -0.159. The molecule has 0 aliphatic rings. The molecule has 0 saturated carbocycles. The third-order valence-electron chi connectivity index (χ3n) is 1.95. The number of rotatable bonds is 4. The van der Waals surface area contributed by atoms with E-state index < -0.39 is 0 Å². The van der Waals surface area contributed by atoms with Gasteiger partial charge in [0, 0.05) is 0 Å². The zero-order valence-electron chi connectivity index (χ0n) is 8.26. The van der Waals surface area contributed by atoms with E-state index >= 15 is 0 Å². The molecule has 1 N–H and O–H groups in total. The minimum Gasteiger partial charge on any atom is -0.280 e. The molecule has 13 heavy (non-hydrogen) atoms. The molecular weight excluding hydrogens is 166 g/mol. The average molecular weight is 181 g/mol. The van der Waals surface area contributed by atoms with E-state index in [0.717, 1.165) is 5.56 Å². The summed E-state index contributed by atoms with van der Waals surface area (Å²) in [6.45, 7) is 4.69. The van der Waals surface area contributed by atoms with Crippen molar-refractivity contribution in [2.45, 2.75) is 20.5 Å². The summed E-state index contributed by atoms with van der Waals surface area (Å²) in [6, 6.07) is 6.23. The van der Waals surface area contributed by atoms with Crippen LogP contribution in [0.2, 0.25) is 0 Å². The number of aryl methyl sites for hydroxylation is 2. The van der Waals surface area contributed by atoms with Crippen LogP contribution in [0.15, 0.2) is 18.2 Å². The van der Waals surface area contributed by atoms with Gasteiger partial charge in [-0.15, -0.1) is 0 Å². The van der Waals surface area contributed by atoms with Gasteiger partial charge in [-0.2, -0.15) is 0 Å². The second-order valence-corrected chi connectivity index (χ2v) is 2.99. The predicted octanol–water partition coefficient (Wildman–Crippen LogP) is 1.89. The van der Waals surface area contributed by atoms with Gasteiger partial charge >= 0.3 is 0 Å². The normalized spacial score (nSPS) is 10.4. The SMILES string of the molecule is CONOCc1ccc(C)c(C)c1. The summed E-state index contributed by atoms with van der Waals surface area (Å²) < 4.78 is 0. The Hall–Kier alpha value is -0.900. The summed E-state index contributed by atoms with van der Waals surface area (Å²) in [6.07, 6.45) is 0. The molecule has 0 atom stereocenters. The fourth-order valence-corrected chi connectivity index (χ4v) is 1.07. The molecule has 1 rings (SSSR count). The molecule has 3 heteroatoms. The fraction of sp³-hybridized carbons (Fsp3) is 0.400. The van der Waals surface area contributed by atoms with Crippen molar-refractivity contribution in [3.05, 3.63) is 34.9 Å². The number of hydrogen-bond donors (Lipinski definition) is 1. The molecule has 0 bridgehead atoms. The van der Waals surface area contributed by atoms with Crippen molar-refractivity contribution in [1.82, 2.24) is 5.64 Å². The monoisotopic (exact) mass is 181 g/mol. The summed E-state index contributed by atoms with van der Waals surface area (Å²) in [5.74, 6) is 0. The minimum absolute atomic E-state index is 0.509. The molecule has 1 aromatic rings. The summed E-state index contributed by atoms with van der Waals surface area (Å²) in [5.41, 5.74) is 6.03. The van der Waals surface area contributed by atoms with Gasteiger partial charge in [0.2, 0.25) is 0 Å². The lowest BCUT2D eigenvalue weighted by Gasteiger charge is -2.05.